The lowest BCUT2D eigenvalue weighted by molar-refractivity contribution is -0.123. The second-order valence-electron chi connectivity index (χ2n) is 2.85. The minimum Gasteiger partial charge on any atom is -0.345 e. The van der Waals surface area contributed by atoms with Crippen molar-refractivity contribution in [1.82, 2.24) is 4.90 Å². The van der Waals surface area contributed by atoms with Crippen LogP contribution in [0.5, 0.6) is 0 Å². The zero-order chi connectivity index (χ0) is 10.7. The zero-order valence-electron chi connectivity index (χ0n) is 7.75. The van der Waals surface area contributed by atoms with E-state index in [-0.39, 0.29) is 5.91 Å². The largest absolute Gasteiger partial charge is 0.345 e. The van der Waals surface area contributed by atoms with Gasteiger partial charge in [0.15, 0.2) is 0 Å². The summed E-state index contributed by atoms with van der Waals surface area (Å²) >= 11 is 12.9. The summed E-state index contributed by atoms with van der Waals surface area (Å²) in [6.45, 7) is 0. The summed E-state index contributed by atoms with van der Waals surface area (Å²) in [4.78, 5) is 12.7. The Bertz CT molecular complexity index is 371. The van der Waals surface area contributed by atoms with Gasteiger partial charge in [0.2, 0.25) is 5.91 Å². The molecule has 0 aromatic carbocycles. The smallest absolute Gasteiger partial charge is 0.246 e. The van der Waals surface area contributed by atoms with E-state index >= 15 is 0 Å². The van der Waals surface area contributed by atoms with E-state index in [0.29, 0.717) is 8.67 Å². The van der Waals surface area contributed by atoms with Crippen molar-refractivity contribution in [3.8, 4) is 0 Å². The van der Waals surface area contributed by atoms with Gasteiger partial charge in [0.05, 0.1) is 4.34 Å². The lowest BCUT2D eigenvalue weighted by Crippen LogP contribution is -2.18. The lowest BCUT2D eigenvalue weighted by atomic mass is 10.3. The maximum atomic E-state index is 11.2. The lowest BCUT2D eigenvalue weighted by Gasteiger charge is -2.04. The SMILES string of the molecule is CN(C)C(=O)C=Cc1cc(Cl)sc1Cl. The molecule has 0 aliphatic carbocycles. The minimum absolute atomic E-state index is 0.0802. The molecule has 76 valence electrons. The molecule has 0 unspecified atom stereocenters. The van der Waals surface area contributed by atoms with Gasteiger partial charge in [0.25, 0.3) is 0 Å². The van der Waals surface area contributed by atoms with Gasteiger partial charge >= 0.3 is 0 Å². The Morgan fingerprint density at radius 2 is 2.14 bits per heavy atom. The van der Waals surface area contributed by atoms with Gasteiger partial charge in [-0.05, 0) is 12.1 Å². The van der Waals surface area contributed by atoms with Crippen LogP contribution in [0.15, 0.2) is 12.1 Å². The summed E-state index contributed by atoms with van der Waals surface area (Å²) in [6.07, 6.45) is 3.12. The van der Waals surface area contributed by atoms with Crippen LogP contribution in [0.2, 0.25) is 8.67 Å². The normalized spacial score (nSPS) is 10.9. The molecule has 0 aliphatic rings. The van der Waals surface area contributed by atoms with Gasteiger partial charge in [-0.1, -0.05) is 23.2 Å². The summed E-state index contributed by atoms with van der Waals surface area (Å²) in [5.74, 6) is -0.0802. The van der Waals surface area contributed by atoms with Crippen LogP contribution in [0.3, 0.4) is 0 Å². The maximum absolute atomic E-state index is 11.2. The van der Waals surface area contributed by atoms with Crippen molar-refractivity contribution < 1.29 is 4.79 Å². The quantitative estimate of drug-likeness (QED) is 0.738. The number of nitrogens with zero attached hydrogens (tertiary/aromatic N) is 1. The van der Waals surface area contributed by atoms with E-state index in [0.717, 1.165) is 5.56 Å². The summed E-state index contributed by atoms with van der Waals surface area (Å²) < 4.78 is 1.21. The third kappa shape index (κ3) is 3.01. The van der Waals surface area contributed by atoms with Crippen LogP contribution in [-0.4, -0.2) is 24.9 Å². The first kappa shape index (κ1) is 11.6. The van der Waals surface area contributed by atoms with Gasteiger partial charge < -0.3 is 4.90 Å². The topological polar surface area (TPSA) is 20.3 Å². The number of carbonyl (C=O) groups is 1. The van der Waals surface area contributed by atoms with Crippen molar-refractivity contribution in [3.05, 3.63) is 26.4 Å². The van der Waals surface area contributed by atoms with Crippen molar-refractivity contribution in [2.24, 2.45) is 0 Å². The fourth-order valence-corrected chi connectivity index (χ4v) is 2.21. The van der Waals surface area contributed by atoms with Crippen LogP contribution in [0.1, 0.15) is 5.56 Å². The van der Waals surface area contributed by atoms with Gasteiger partial charge in [-0.25, -0.2) is 0 Å². The molecule has 1 aromatic rings. The molecular weight excluding hydrogens is 241 g/mol. The highest BCUT2D eigenvalue weighted by atomic mass is 35.5. The third-order valence-electron chi connectivity index (χ3n) is 1.53. The Labute approximate surface area is 96.7 Å². The Kier molecular flexibility index (Phi) is 3.98. The second kappa shape index (κ2) is 4.82. The molecule has 1 aromatic heterocycles. The predicted octanol–water partition coefficient (Wildman–Crippen LogP) is 3.16. The molecule has 0 spiro atoms. The third-order valence-corrected chi connectivity index (χ3v) is 3.05. The molecular formula is C9H9Cl2NOS. The first-order valence-corrected chi connectivity index (χ1v) is 5.42. The summed E-state index contributed by atoms with van der Waals surface area (Å²) in [5, 5.41) is 0. The standard InChI is InChI=1S/C9H9Cl2NOS/c1-12(2)8(13)4-3-6-5-7(10)14-9(6)11/h3-5H,1-2H3. The molecule has 1 heterocycles. The monoisotopic (exact) mass is 249 g/mol. The predicted molar refractivity (Wildman–Crippen MR) is 62.1 cm³/mol. The Morgan fingerprint density at radius 3 is 2.57 bits per heavy atom. The van der Waals surface area contributed by atoms with Gasteiger partial charge in [0, 0.05) is 25.7 Å². The summed E-state index contributed by atoms with van der Waals surface area (Å²) in [5.41, 5.74) is 0.775. The molecule has 1 amide bonds. The highest BCUT2D eigenvalue weighted by Crippen LogP contribution is 2.31. The fourth-order valence-electron chi connectivity index (χ4n) is 0.777. The number of hydrogen-bond acceptors (Lipinski definition) is 2. The first-order valence-electron chi connectivity index (χ1n) is 3.85. The number of likely N-dealkylation sites (N-methyl/N-ethyl adjacent to an activating group) is 1. The zero-order valence-corrected chi connectivity index (χ0v) is 10.1. The van der Waals surface area contributed by atoms with E-state index in [2.05, 4.69) is 0 Å². The molecule has 0 aliphatic heterocycles. The second-order valence-corrected chi connectivity index (χ2v) is 5.13. The average molecular weight is 250 g/mol. The van der Waals surface area contributed by atoms with Crippen LogP contribution in [0.4, 0.5) is 0 Å². The van der Waals surface area contributed by atoms with Crippen molar-refractivity contribution in [3.63, 3.8) is 0 Å². The number of amides is 1. The fraction of sp³-hybridized carbons (Fsp3) is 0.222. The van der Waals surface area contributed by atoms with Crippen LogP contribution < -0.4 is 0 Å². The number of thiophene rings is 1. The molecule has 0 radical (unpaired) electrons. The van der Waals surface area contributed by atoms with E-state index in [1.165, 1.54) is 22.3 Å². The van der Waals surface area contributed by atoms with Crippen LogP contribution in [0, 0.1) is 0 Å². The van der Waals surface area contributed by atoms with E-state index in [1.807, 2.05) is 0 Å². The van der Waals surface area contributed by atoms with Crippen molar-refractivity contribution >= 4 is 46.5 Å². The van der Waals surface area contributed by atoms with Crippen molar-refractivity contribution in [2.45, 2.75) is 0 Å². The molecule has 1 rings (SSSR count). The molecule has 5 heteroatoms. The van der Waals surface area contributed by atoms with Gasteiger partial charge in [0.1, 0.15) is 4.34 Å². The number of hydrogen-bond donors (Lipinski definition) is 0. The molecule has 0 saturated heterocycles. The highest BCUT2D eigenvalue weighted by molar-refractivity contribution is 7.20. The molecule has 0 N–H and O–H groups in total. The van der Waals surface area contributed by atoms with E-state index in [4.69, 9.17) is 23.2 Å². The van der Waals surface area contributed by atoms with Crippen molar-refractivity contribution in [1.29, 1.82) is 0 Å². The minimum atomic E-state index is -0.0802. The summed E-state index contributed by atoms with van der Waals surface area (Å²) in [6, 6.07) is 1.73. The van der Waals surface area contributed by atoms with E-state index < -0.39 is 0 Å². The molecule has 0 fully saturated rings. The van der Waals surface area contributed by atoms with Gasteiger partial charge in [-0.2, -0.15) is 0 Å². The molecule has 2 nitrogen and oxygen atoms in total. The Balaban J connectivity index is 2.78. The van der Waals surface area contributed by atoms with Gasteiger partial charge in [-0.15, -0.1) is 11.3 Å². The van der Waals surface area contributed by atoms with E-state index in [9.17, 15) is 4.79 Å². The van der Waals surface area contributed by atoms with E-state index in [1.54, 1.807) is 26.2 Å². The molecule has 0 bridgehead atoms. The molecule has 0 atom stereocenters. The Morgan fingerprint density at radius 1 is 1.50 bits per heavy atom. The van der Waals surface area contributed by atoms with Crippen LogP contribution >= 0.6 is 34.5 Å². The van der Waals surface area contributed by atoms with Gasteiger partial charge in [-0.3, -0.25) is 4.79 Å². The number of halogens is 2. The average Bonchev–Trinajstić information content (AvgIpc) is 2.40. The molecule has 14 heavy (non-hydrogen) atoms. The van der Waals surface area contributed by atoms with Crippen LogP contribution in [-0.2, 0) is 4.79 Å². The summed E-state index contributed by atoms with van der Waals surface area (Å²) in [7, 11) is 3.38. The highest BCUT2D eigenvalue weighted by Gasteiger charge is 2.03. The molecule has 0 saturated carbocycles. The first-order chi connectivity index (χ1) is 6.50. The van der Waals surface area contributed by atoms with Crippen LogP contribution in [0.25, 0.3) is 6.08 Å². The maximum Gasteiger partial charge on any atom is 0.246 e. The Hall–Kier alpha value is -0.510. The number of carbonyl (C=O) groups excluding carboxylic acids is 1. The number of rotatable bonds is 2. The van der Waals surface area contributed by atoms with Crippen molar-refractivity contribution in [2.75, 3.05) is 14.1 Å².